The smallest absolute Gasteiger partial charge is 0.323 e. The maximum atomic E-state index is 12.0. The maximum absolute atomic E-state index is 12.0. The molecule has 0 aromatic heterocycles. The van der Waals surface area contributed by atoms with Crippen LogP contribution in [0.5, 0.6) is 0 Å². The van der Waals surface area contributed by atoms with Crippen LogP contribution in [0.1, 0.15) is 12.5 Å². The standard InChI is InChI=1S/C16H16N4O/c1-2-18-14-9-8-12(11-17)10-15(14)20-16(21)19-13-6-4-3-5-7-13/h3-10,18H,2H2,1H3,(H2,19,20,21). The second-order valence-electron chi connectivity index (χ2n) is 4.35. The SMILES string of the molecule is CCNc1ccc(C#N)cc1NC(=O)Nc1ccccc1. The Morgan fingerprint density at radius 1 is 1.10 bits per heavy atom. The summed E-state index contributed by atoms with van der Waals surface area (Å²) in [6.07, 6.45) is 0. The minimum atomic E-state index is -0.351. The van der Waals surface area contributed by atoms with E-state index in [0.29, 0.717) is 16.9 Å². The number of para-hydroxylation sites is 1. The average Bonchev–Trinajstić information content (AvgIpc) is 2.50. The summed E-state index contributed by atoms with van der Waals surface area (Å²) in [5.74, 6) is 0. The van der Waals surface area contributed by atoms with E-state index in [0.717, 1.165) is 12.2 Å². The highest BCUT2D eigenvalue weighted by molar-refractivity contribution is 6.01. The fraction of sp³-hybridized carbons (Fsp3) is 0.125. The van der Waals surface area contributed by atoms with Crippen LogP contribution in [0.2, 0.25) is 0 Å². The van der Waals surface area contributed by atoms with Crippen molar-refractivity contribution in [1.29, 1.82) is 5.26 Å². The number of anilines is 3. The molecule has 2 aromatic carbocycles. The Morgan fingerprint density at radius 3 is 2.52 bits per heavy atom. The van der Waals surface area contributed by atoms with E-state index in [4.69, 9.17) is 5.26 Å². The quantitative estimate of drug-likeness (QED) is 0.800. The molecule has 0 aliphatic carbocycles. The molecule has 0 unspecified atom stereocenters. The lowest BCUT2D eigenvalue weighted by atomic mass is 10.2. The largest absolute Gasteiger partial charge is 0.384 e. The van der Waals surface area contributed by atoms with E-state index in [1.165, 1.54) is 0 Å². The predicted octanol–water partition coefficient (Wildman–Crippen LogP) is 3.63. The average molecular weight is 280 g/mol. The predicted molar refractivity (Wildman–Crippen MR) is 84.4 cm³/mol. The summed E-state index contributed by atoms with van der Waals surface area (Å²) in [7, 11) is 0. The van der Waals surface area contributed by atoms with Gasteiger partial charge in [0, 0.05) is 12.2 Å². The fourth-order valence-electron chi connectivity index (χ4n) is 1.87. The Kier molecular flexibility index (Phi) is 4.78. The van der Waals surface area contributed by atoms with Crippen molar-refractivity contribution < 1.29 is 4.79 Å². The number of hydrogen-bond acceptors (Lipinski definition) is 3. The van der Waals surface area contributed by atoms with Gasteiger partial charge in [0.2, 0.25) is 0 Å². The second-order valence-corrected chi connectivity index (χ2v) is 4.35. The fourth-order valence-corrected chi connectivity index (χ4v) is 1.87. The first-order valence-electron chi connectivity index (χ1n) is 6.64. The number of carbonyl (C=O) groups excluding carboxylic acids is 1. The Bertz CT molecular complexity index is 662. The summed E-state index contributed by atoms with van der Waals surface area (Å²) in [4.78, 5) is 12.0. The number of nitrogens with one attached hydrogen (secondary N) is 3. The van der Waals surface area contributed by atoms with Gasteiger partial charge in [0.25, 0.3) is 0 Å². The zero-order valence-corrected chi connectivity index (χ0v) is 11.7. The van der Waals surface area contributed by atoms with Crippen molar-refractivity contribution in [3.8, 4) is 6.07 Å². The molecule has 0 aliphatic rings. The van der Waals surface area contributed by atoms with Crippen molar-refractivity contribution in [3.63, 3.8) is 0 Å². The summed E-state index contributed by atoms with van der Waals surface area (Å²) in [5, 5.41) is 17.6. The molecule has 2 amide bonds. The molecule has 0 aliphatic heterocycles. The Hall–Kier alpha value is -3.00. The summed E-state index contributed by atoms with van der Waals surface area (Å²) < 4.78 is 0. The highest BCUT2D eigenvalue weighted by Gasteiger charge is 2.08. The molecule has 21 heavy (non-hydrogen) atoms. The van der Waals surface area contributed by atoms with Crippen LogP contribution in [0.15, 0.2) is 48.5 Å². The molecule has 0 fully saturated rings. The lowest BCUT2D eigenvalue weighted by Gasteiger charge is -2.13. The first kappa shape index (κ1) is 14.4. The van der Waals surface area contributed by atoms with Gasteiger partial charge in [-0.25, -0.2) is 4.79 Å². The van der Waals surface area contributed by atoms with Crippen molar-refractivity contribution in [1.82, 2.24) is 0 Å². The highest BCUT2D eigenvalue weighted by atomic mass is 16.2. The van der Waals surface area contributed by atoms with Crippen LogP contribution in [0.4, 0.5) is 21.9 Å². The van der Waals surface area contributed by atoms with Gasteiger partial charge < -0.3 is 16.0 Å². The van der Waals surface area contributed by atoms with E-state index in [1.54, 1.807) is 30.3 Å². The lowest BCUT2D eigenvalue weighted by Crippen LogP contribution is -2.20. The molecule has 2 rings (SSSR count). The number of nitrogens with zero attached hydrogens (tertiary/aromatic N) is 1. The zero-order chi connectivity index (χ0) is 15.1. The van der Waals surface area contributed by atoms with Gasteiger partial charge in [0.15, 0.2) is 0 Å². The first-order chi connectivity index (χ1) is 10.2. The van der Waals surface area contributed by atoms with E-state index in [9.17, 15) is 4.79 Å². The lowest BCUT2D eigenvalue weighted by molar-refractivity contribution is 0.262. The van der Waals surface area contributed by atoms with E-state index in [1.807, 2.05) is 25.1 Å². The van der Waals surface area contributed by atoms with Gasteiger partial charge in [0.05, 0.1) is 23.0 Å². The van der Waals surface area contributed by atoms with Crippen LogP contribution in [0.3, 0.4) is 0 Å². The van der Waals surface area contributed by atoms with Crippen LogP contribution in [-0.4, -0.2) is 12.6 Å². The van der Waals surface area contributed by atoms with Gasteiger partial charge in [-0.1, -0.05) is 18.2 Å². The summed E-state index contributed by atoms with van der Waals surface area (Å²) in [5.41, 5.74) is 2.55. The summed E-state index contributed by atoms with van der Waals surface area (Å²) >= 11 is 0. The van der Waals surface area contributed by atoms with Gasteiger partial charge in [-0.15, -0.1) is 0 Å². The molecule has 0 atom stereocenters. The van der Waals surface area contributed by atoms with Gasteiger partial charge in [-0.2, -0.15) is 5.26 Å². The number of amides is 2. The Labute approximate surface area is 123 Å². The zero-order valence-electron chi connectivity index (χ0n) is 11.7. The molecule has 0 spiro atoms. The van der Waals surface area contributed by atoms with Crippen molar-refractivity contribution >= 4 is 23.1 Å². The monoisotopic (exact) mass is 280 g/mol. The third kappa shape index (κ3) is 3.98. The topological polar surface area (TPSA) is 77.0 Å². The van der Waals surface area contributed by atoms with Crippen molar-refractivity contribution in [2.45, 2.75) is 6.92 Å². The van der Waals surface area contributed by atoms with Gasteiger partial charge in [-0.3, -0.25) is 0 Å². The van der Waals surface area contributed by atoms with Crippen molar-refractivity contribution in [2.75, 3.05) is 22.5 Å². The number of benzene rings is 2. The Balaban J connectivity index is 2.14. The third-order valence-electron chi connectivity index (χ3n) is 2.80. The number of nitriles is 1. The second kappa shape index (κ2) is 6.96. The molecular formula is C16H16N4O. The van der Waals surface area contributed by atoms with Crippen LogP contribution < -0.4 is 16.0 Å². The molecule has 0 saturated carbocycles. The number of hydrogen-bond donors (Lipinski definition) is 3. The van der Waals surface area contributed by atoms with Crippen LogP contribution >= 0.6 is 0 Å². The normalized spacial score (nSPS) is 9.52. The number of carbonyl (C=O) groups is 1. The third-order valence-corrected chi connectivity index (χ3v) is 2.80. The van der Waals surface area contributed by atoms with Crippen molar-refractivity contribution in [3.05, 3.63) is 54.1 Å². The van der Waals surface area contributed by atoms with Gasteiger partial charge in [-0.05, 0) is 37.3 Å². The number of urea groups is 1. The molecule has 0 bridgehead atoms. The highest BCUT2D eigenvalue weighted by Crippen LogP contribution is 2.23. The van der Waals surface area contributed by atoms with E-state index >= 15 is 0 Å². The molecule has 106 valence electrons. The molecular weight excluding hydrogens is 264 g/mol. The maximum Gasteiger partial charge on any atom is 0.323 e. The van der Waals surface area contributed by atoms with E-state index in [-0.39, 0.29) is 6.03 Å². The minimum Gasteiger partial charge on any atom is -0.384 e. The van der Waals surface area contributed by atoms with Gasteiger partial charge >= 0.3 is 6.03 Å². The minimum absolute atomic E-state index is 0.351. The Morgan fingerprint density at radius 2 is 1.86 bits per heavy atom. The molecule has 2 aromatic rings. The van der Waals surface area contributed by atoms with Crippen LogP contribution in [0, 0.1) is 11.3 Å². The van der Waals surface area contributed by atoms with Gasteiger partial charge in [0.1, 0.15) is 0 Å². The van der Waals surface area contributed by atoms with E-state index < -0.39 is 0 Å². The molecule has 3 N–H and O–H groups in total. The summed E-state index contributed by atoms with van der Waals surface area (Å²) in [6, 6.07) is 16.0. The summed E-state index contributed by atoms with van der Waals surface area (Å²) in [6.45, 7) is 2.69. The van der Waals surface area contributed by atoms with Crippen molar-refractivity contribution in [2.24, 2.45) is 0 Å². The van der Waals surface area contributed by atoms with E-state index in [2.05, 4.69) is 22.0 Å². The number of rotatable bonds is 4. The molecule has 0 heterocycles. The van der Waals surface area contributed by atoms with Crippen LogP contribution in [0.25, 0.3) is 0 Å². The molecule has 0 radical (unpaired) electrons. The molecule has 5 nitrogen and oxygen atoms in total. The first-order valence-corrected chi connectivity index (χ1v) is 6.64. The van der Waals surface area contributed by atoms with Crippen LogP contribution in [-0.2, 0) is 0 Å². The molecule has 5 heteroatoms. The molecule has 0 saturated heterocycles.